The number of hydrogen-bond donors (Lipinski definition) is 1. The summed E-state index contributed by atoms with van der Waals surface area (Å²) in [5, 5.41) is 7.39. The van der Waals surface area contributed by atoms with Crippen molar-refractivity contribution in [3.05, 3.63) is 76.8 Å². The van der Waals surface area contributed by atoms with Crippen molar-refractivity contribution in [1.29, 1.82) is 0 Å². The Kier molecular flexibility index (Phi) is 7.67. The zero-order chi connectivity index (χ0) is 22.2. The van der Waals surface area contributed by atoms with Crippen LogP contribution in [0.1, 0.15) is 30.5 Å². The van der Waals surface area contributed by atoms with E-state index in [9.17, 15) is 4.79 Å². The van der Waals surface area contributed by atoms with Gasteiger partial charge in [-0.2, -0.15) is 5.10 Å². The number of amides is 1. The number of carbonyl (C=O) groups excluding carboxylic acids is 1. The molecular weight excluding hydrogens is 416 g/mol. The first-order valence-corrected chi connectivity index (χ1v) is 10.2. The van der Waals surface area contributed by atoms with Gasteiger partial charge in [-0.3, -0.25) is 4.79 Å². The number of nitrogens with one attached hydrogen (secondary N) is 1. The van der Waals surface area contributed by atoms with E-state index in [1.54, 1.807) is 36.3 Å². The normalized spacial score (nSPS) is 11.1. The van der Waals surface area contributed by atoms with Crippen molar-refractivity contribution in [2.75, 3.05) is 7.11 Å². The van der Waals surface area contributed by atoms with Crippen LogP contribution in [0.15, 0.2) is 55.1 Å². The molecule has 1 heterocycles. The summed E-state index contributed by atoms with van der Waals surface area (Å²) < 4.78 is 12.8. The molecule has 1 aromatic heterocycles. The van der Waals surface area contributed by atoms with Gasteiger partial charge < -0.3 is 14.8 Å². The topological polar surface area (TPSA) is 78.3 Å². The highest BCUT2D eigenvalue weighted by atomic mass is 35.5. The number of rotatable bonds is 9. The summed E-state index contributed by atoms with van der Waals surface area (Å²) in [6, 6.07) is 11.5. The Bertz CT molecular complexity index is 1030. The second kappa shape index (κ2) is 10.6. The van der Waals surface area contributed by atoms with Crippen molar-refractivity contribution in [2.45, 2.75) is 33.0 Å². The van der Waals surface area contributed by atoms with Crippen LogP contribution in [0.3, 0.4) is 0 Å². The molecule has 1 amide bonds. The third kappa shape index (κ3) is 6.58. The van der Waals surface area contributed by atoms with E-state index in [2.05, 4.69) is 15.4 Å². The number of hydrogen-bond acceptors (Lipinski definition) is 5. The zero-order valence-electron chi connectivity index (χ0n) is 17.7. The van der Waals surface area contributed by atoms with Gasteiger partial charge in [0, 0.05) is 12.6 Å². The lowest BCUT2D eigenvalue weighted by molar-refractivity contribution is -0.116. The molecule has 0 spiro atoms. The van der Waals surface area contributed by atoms with E-state index in [1.165, 1.54) is 12.4 Å². The lowest BCUT2D eigenvalue weighted by Crippen LogP contribution is -2.20. The predicted octanol–water partition coefficient (Wildman–Crippen LogP) is 4.11. The summed E-state index contributed by atoms with van der Waals surface area (Å²) in [4.78, 5) is 16.1. The second-order valence-corrected chi connectivity index (χ2v) is 7.57. The summed E-state index contributed by atoms with van der Waals surface area (Å²) >= 11 is 6.32. The fraction of sp³-hybridized carbons (Fsp3) is 0.261. The molecule has 0 bridgehead atoms. The maximum Gasteiger partial charge on any atom is 0.244 e. The van der Waals surface area contributed by atoms with E-state index in [0.717, 1.165) is 16.7 Å². The molecule has 0 unspecified atom stereocenters. The van der Waals surface area contributed by atoms with Crippen LogP contribution in [0, 0.1) is 0 Å². The first-order valence-electron chi connectivity index (χ1n) is 9.85. The van der Waals surface area contributed by atoms with Crippen LogP contribution in [0.2, 0.25) is 5.02 Å². The molecule has 0 saturated heterocycles. The largest absolute Gasteiger partial charge is 0.493 e. The Hall–Kier alpha value is -3.32. The molecule has 0 aliphatic heterocycles. The fourth-order valence-corrected chi connectivity index (χ4v) is 3.13. The minimum Gasteiger partial charge on any atom is -0.493 e. The Morgan fingerprint density at radius 3 is 2.61 bits per heavy atom. The molecule has 3 aromatic rings. The van der Waals surface area contributed by atoms with Gasteiger partial charge in [0.15, 0.2) is 11.5 Å². The van der Waals surface area contributed by atoms with Gasteiger partial charge in [0.05, 0.1) is 24.8 Å². The minimum absolute atomic E-state index is 0.0322. The SMILES string of the molecule is COc1cc(/C=C/C(=O)NCc2ccc(Cn3cncn3)cc2)cc(Cl)c1OC(C)C. The van der Waals surface area contributed by atoms with E-state index >= 15 is 0 Å². The van der Waals surface area contributed by atoms with Crippen LogP contribution in [-0.2, 0) is 17.9 Å². The van der Waals surface area contributed by atoms with Crippen molar-refractivity contribution in [2.24, 2.45) is 0 Å². The van der Waals surface area contributed by atoms with Crippen LogP contribution in [-0.4, -0.2) is 33.9 Å². The van der Waals surface area contributed by atoms with E-state index in [-0.39, 0.29) is 12.0 Å². The summed E-state index contributed by atoms with van der Waals surface area (Å²) in [6.45, 7) is 4.91. The third-order valence-electron chi connectivity index (χ3n) is 4.33. The maximum atomic E-state index is 12.2. The quantitative estimate of drug-likeness (QED) is 0.507. The molecule has 3 rings (SSSR count). The molecule has 0 saturated carbocycles. The zero-order valence-corrected chi connectivity index (χ0v) is 18.5. The molecule has 7 nitrogen and oxygen atoms in total. The number of nitrogens with zero attached hydrogens (tertiary/aromatic N) is 3. The van der Waals surface area contributed by atoms with E-state index in [1.807, 2.05) is 38.1 Å². The van der Waals surface area contributed by atoms with Crippen LogP contribution in [0.5, 0.6) is 11.5 Å². The van der Waals surface area contributed by atoms with Crippen LogP contribution in [0.4, 0.5) is 0 Å². The van der Waals surface area contributed by atoms with Gasteiger partial charge in [-0.15, -0.1) is 0 Å². The standard InChI is InChI=1S/C23H25ClN4O3/c1-16(2)31-23-20(24)10-19(11-21(23)30-3)8-9-22(29)26-12-17-4-6-18(7-5-17)13-28-15-25-14-27-28/h4-11,14-16H,12-13H2,1-3H3,(H,26,29)/b9-8+. The first kappa shape index (κ1) is 22.4. The van der Waals surface area contributed by atoms with Crippen LogP contribution >= 0.6 is 11.6 Å². The Morgan fingerprint density at radius 1 is 1.23 bits per heavy atom. The van der Waals surface area contributed by atoms with Gasteiger partial charge >= 0.3 is 0 Å². The summed E-state index contributed by atoms with van der Waals surface area (Å²) in [5.41, 5.74) is 2.85. The Morgan fingerprint density at radius 2 is 1.97 bits per heavy atom. The van der Waals surface area contributed by atoms with Gasteiger partial charge in [-0.25, -0.2) is 9.67 Å². The number of ether oxygens (including phenoxy) is 2. The highest BCUT2D eigenvalue weighted by Crippen LogP contribution is 2.37. The van der Waals surface area contributed by atoms with Crippen molar-refractivity contribution in [3.63, 3.8) is 0 Å². The number of carbonyl (C=O) groups is 1. The van der Waals surface area contributed by atoms with Crippen molar-refractivity contribution in [1.82, 2.24) is 20.1 Å². The van der Waals surface area contributed by atoms with Gasteiger partial charge in [0.2, 0.25) is 5.91 Å². The fourth-order valence-electron chi connectivity index (χ4n) is 2.87. The highest BCUT2D eigenvalue weighted by molar-refractivity contribution is 6.32. The van der Waals surface area contributed by atoms with Gasteiger partial charge in [0.25, 0.3) is 0 Å². The first-order chi connectivity index (χ1) is 14.9. The third-order valence-corrected chi connectivity index (χ3v) is 4.61. The molecule has 31 heavy (non-hydrogen) atoms. The summed E-state index contributed by atoms with van der Waals surface area (Å²) in [6.07, 6.45) is 6.30. The highest BCUT2D eigenvalue weighted by Gasteiger charge is 2.12. The molecule has 8 heteroatoms. The lowest BCUT2D eigenvalue weighted by Gasteiger charge is -2.15. The van der Waals surface area contributed by atoms with E-state index < -0.39 is 0 Å². The number of benzene rings is 2. The second-order valence-electron chi connectivity index (χ2n) is 7.16. The molecule has 2 aromatic carbocycles. The monoisotopic (exact) mass is 440 g/mol. The number of halogens is 1. The summed E-state index contributed by atoms with van der Waals surface area (Å²) in [7, 11) is 1.55. The van der Waals surface area contributed by atoms with Gasteiger partial charge in [-0.05, 0) is 48.7 Å². The smallest absolute Gasteiger partial charge is 0.244 e. The number of methoxy groups -OCH3 is 1. The van der Waals surface area contributed by atoms with Crippen molar-refractivity contribution < 1.29 is 14.3 Å². The number of aromatic nitrogens is 3. The molecule has 0 radical (unpaired) electrons. The van der Waals surface area contributed by atoms with Crippen LogP contribution < -0.4 is 14.8 Å². The molecule has 1 N–H and O–H groups in total. The van der Waals surface area contributed by atoms with Gasteiger partial charge in [-0.1, -0.05) is 35.9 Å². The van der Waals surface area contributed by atoms with E-state index in [4.69, 9.17) is 21.1 Å². The molecule has 0 aliphatic carbocycles. The molecule has 0 atom stereocenters. The van der Waals surface area contributed by atoms with Crippen molar-refractivity contribution in [3.8, 4) is 11.5 Å². The van der Waals surface area contributed by atoms with E-state index in [0.29, 0.717) is 29.6 Å². The average molecular weight is 441 g/mol. The van der Waals surface area contributed by atoms with Crippen molar-refractivity contribution >= 4 is 23.6 Å². The lowest BCUT2D eigenvalue weighted by atomic mass is 10.1. The maximum absolute atomic E-state index is 12.2. The molecule has 0 aliphatic rings. The predicted molar refractivity (Wildman–Crippen MR) is 120 cm³/mol. The van der Waals surface area contributed by atoms with Gasteiger partial charge in [0.1, 0.15) is 12.7 Å². The van der Waals surface area contributed by atoms with Crippen LogP contribution in [0.25, 0.3) is 6.08 Å². The summed E-state index contributed by atoms with van der Waals surface area (Å²) in [5.74, 6) is 0.810. The minimum atomic E-state index is -0.204. The molecule has 162 valence electrons. The molecule has 0 fully saturated rings. The Labute approximate surface area is 186 Å². The average Bonchev–Trinajstić information content (AvgIpc) is 3.26. The molecular formula is C23H25ClN4O3. The Balaban J connectivity index is 1.56.